The standard InChI is InChI=1S/C46H80NO10P/c1-3-5-7-9-11-13-15-17-19-21-23-25-27-29-31-33-35-37-44(48)54-39-42(40-55-58(52,53)56-41-43(47)46(50)51)57-45(49)38-36-34-32-30-28-26-24-22-20-18-16-14-12-10-8-6-4-2/h6,8,12,14,17-20,24,26,42-43H,3-5,7,9-11,13,15-16,21-23,25,27-41,47H2,1-2H3,(H,50,51)(H,52,53)/b8-6-,14-12-,19-17-,20-18-,26-24-. The van der Waals surface area contributed by atoms with Crippen LogP contribution in [0.3, 0.4) is 0 Å². The van der Waals surface area contributed by atoms with Gasteiger partial charge in [0.25, 0.3) is 0 Å². The molecule has 0 fully saturated rings. The number of phosphoric acid groups is 1. The van der Waals surface area contributed by atoms with Gasteiger partial charge in [-0.2, -0.15) is 0 Å². The molecule has 4 N–H and O–H groups in total. The van der Waals surface area contributed by atoms with Crippen molar-refractivity contribution in [1.29, 1.82) is 0 Å². The van der Waals surface area contributed by atoms with Gasteiger partial charge in [0.2, 0.25) is 0 Å². The fourth-order valence-corrected chi connectivity index (χ4v) is 6.53. The predicted octanol–water partition coefficient (Wildman–Crippen LogP) is 12.0. The molecule has 3 unspecified atom stereocenters. The number of carbonyl (C=O) groups is 3. The first-order valence-corrected chi connectivity index (χ1v) is 23.8. The predicted molar refractivity (Wildman–Crippen MR) is 235 cm³/mol. The summed E-state index contributed by atoms with van der Waals surface area (Å²) in [5.41, 5.74) is 5.33. The lowest BCUT2D eigenvalue weighted by atomic mass is 10.1. The molecule has 0 amide bonds. The Morgan fingerprint density at radius 2 is 0.966 bits per heavy atom. The fraction of sp³-hybridized carbons (Fsp3) is 0.717. The lowest BCUT2D eigenvalue weighted by Gasteiger charge is -2.20. The molecule has 12 heteroatoms. The zero-order valence-electron chi connectivity index (χ0n) is 36.1. The maximum absolute atomic E-state index is 12.6. The summed E-state index contributed by atoms with van der Waals surface area (Å²) in [5, 5.41) is 8.89. The van der Waals surface area contributed by atoms with Gasteiger partial charge in [-0.15, -0.1) is 0 Å². The molecule has 0 heterocycles. The van der Waals surface area contributed by atoms with Crippen LogP contribution in [0.1, 0.15) is 181 Å². The number of hydrogen-bond donors (Lipinski definition) is 3. The van der Waals surface area contributed by atoms with Gasteiger partial charge in [0.15, 0.2) is 6.10 Å². The summed E-state index contributed by atoms with van der Waals surface area (Å²) in [5.74, 6) is -2.42. The van der Waals surface area contributed by atoms with Crippen molar-refractivity contribution >= 4 is 25.7 Å². The van der Waals surface area contributed by atoms with Crippen LogP contribution in [0, 0.1) is 0 Å². The highest BCUT2D eigenvalue weighted by molar-refractivity contribution is 7.47. The molecule has 0 aromatic rings. The minimum absolute atomic E-state index is 0.130. The summed E-state index contributed by atoms with van der Waals surface area (Å²) >= 11 is 0. The van der Waals surface area contributed by atoms with Crippen molar-refractivity contribution in [2.45, 2.75) is 193 Å². The number of aliphatic carboxylic acids is 1. The third-order valence-corrected chi connectivity index (χ3v) is 10.2. The molecule has 0 aliphatic rings. The molecular formula is C46H80NO10P. The third-order valence-electron chi connectivity index (χ3n) is 9.25. The number of rotatable bonds is 41. The minimum atomic E-state index is -4.73. The van der Waals surface area contributed by atoms with E-state index in [-0.39, 0.29) is 19.4 Å². The van der Waals surface area contributed by atoms with Crippen LogP contribution in [0.5, 0.6) is 0 Å². The van der Waals surface area contributed by atoms with Crippen molar-refractivity contribution in [1.82, 2.24) is 0 Å². The topological polar surface area (TPSA) is 172 Å². The van der Waals surface area contributed by atoms with E-state index in [9.17, 15) is 23.8 Å². The lowest BCUT2D eigenvalue weighted by molar-refractivity contribution is -0.161. The van der Waals surface area contributed by atoms with Gasteiger partial charge in [-0.25, -0.2) is 4.57 Å². The Bertz CT molecular complexity index is 1210. The van der Waals surface area contributed by atoms with Crippen molar-refractivity contribution in [3.63, 3.8) is 0 Å². The molecule has 58 heavy (non-hydrogen) atoms. The molecular weight excluding hydrogens is 757 g/mol. The fourth-order valence-electron chi connectivity index (χ4n) is 5.76. The van der Waals surface area contributed by atoms with Gasteiger partial charge in [0.05, 0.1) is 13.2 Å². The molecule has 11 nitrogen and oxygen atoms in total. The van der Waals surface area contributed by atoms with Gasteiger partial charge >= 0.3 is 25.7 Å². The molecule has 0 radical (unpaired) electrons. The summed E-state index contributed by atoms with van der Waals surface area (Å²) in [6.07, 6.45) is 47.1. The van der Waals surface area contributed by atoms with Crippen LogP contribution in [0.15, 0.2) is 60.8 Å². The number of carbonyl (C=O) groups excluding carboxylic acids is 2. The van der Waals surface area contributed by atoms with E-state index in [0.29, 0.717) is 12.8 Å². The maximum atomic E-state index is 12.6. The number of phosphoric ester groups is 1. The Morgan fingerprint density at radius 1 is 0.552 bits per heavy atom. The third kappa shape index (κ3) is 40.0. The number of carboxylic acids is 1. The lowest BCUT2D eigenvalue weighted by Crippen LogP contribution is -2.34. The van der Waals surface area contributed by atoms with Crippen LogP contribution in [-0.4, -0.2) is 59.9 Å². The minimum Gasteiger partial charge on any atom is -0.480 e. The molecule has 0 aromatic carbocycles. The largest absolute Gasteiger partial charge is 0.480 e. The van der Waals surface area contributed by atoms with Crippen LogP contribution in [0.4, 0.5) is 0 Å². The van der Waals surface area contributed by atoms with Crippen LogP contribution in [0.2, 0.25) is 0 Å². The van der Waals surface area contributed by atoms with E-state index in [2.05, 4.69) is 79.1 Å². The molecule has 0 saturated heterocycles. The normalized spacial score (nSPS) is 14.3. The molecule has 0 aromatic heterocycles. The molecule has 3 atom stereocenters. The molecule has 334 valence electrons. The summed E-state index contributed by atoms with van der Waals surface area (Å²) < 4.78 is 32.7. The summed E-state index contributed by atoms with van der Waals surface area (Å²) in [7, 11) is -4.73. The highest BCUT2D eigenvalue weighted by Crippen LogP contribution is 2.43. The number of unbranched alkanes of at least 4 members (excludes halogenated alkanes) is 17. The van der Waals surface area contributed by atoms with E-state index in [1.165, 1.54) is 64.2 Å². The monoisotopic (exact) mass is 838 g/mol. The second kappa shape index (κ2) is 40.9. The second-order valence-corrected chi connectivity index (χ2v) is 16.2. The van der Waals surface area contributed by atoms with E-state index in [0.717, 1.165) is 77.0 Å². The Labute approximate surface area is 351 Å². The van der Waals surface area contributed by atoms with Crippen molar-refractivity contribution in [3.8, 4) is 0 Å². The van der Waals surface area contributed by atoms with Gasteiger partial charge in [-0.1, -0.05) is 152 Å². The highest BCUT2D eigenvalue weighted by Gasteiger charge is 2.28. The average Bonchev–Trinajstić information content (AvgIpc) is 3.20. The Morgan fingerprint density at radius 3 is 1.47 bits per heavy atom. The number of allylic oxidation sites excluding steroid dienone is 10. The van der Waals surface area contributed by atoms with Gasteiger partial charge in [0, 0.05) is 12.8 Å². The summed E-state index contributed by atoms with van der Waals surface area (Å²) in [4.78, 5) is 46.0. The SMILES string of the molecule is CC/C=C\C/C=C\C/C=C\C/C=C\CCCCCCC(=O)OC(COC(=O)CCCCCCCCC/C=C\CCCCCCCC)COP(=O)(O)OCC(N)C(=O)O. The van der Waals surface area contributed by atoms with E-state index < -0.39 is 51.1 Å². The summed E-state index contributed by atoms with van der Waals surface area (Å²) in [6.45, 7) is 2.65. The first kappa shape index (κ1) is 55.2. The van der Waals surface area contributed by atoms with E-state index >= 15 is 0 Å². The van der Waals surface area contributed by atoms with E-state index in [1.54, 1.807) is 0 Å². The quantitative estimate of drug-likeness (QED) is 0.0231. The highest BCUT2D eigenvalue weighted by atomic mass is 31.2. The smallest absolute Gasteiger partial charge is 0.472 e. The first-order valence-electron chi connectivity index (χ1n) is 22.3. The molecule has 0 saturated carbocycles. The van der Waals surface area contributed by atoms with Crippen molar-refractivity contribution in [3.05, 3.63) is 60.8 Å². The Hall–Kier alpha value is -2.82. The molecule has 0 bridgehead atoms. The Balaban J connectivity index is 4.40. The van der Waals surface area contributed by atoms with Crippen LogP contribution in [-0.2, 0) is 37.5 Å². The van der Waals surface area contributed by atoms with Gasteiger partial charge in [-0.3, -0.25) is 23.4 Å². The number of nitrogens with two attached hydrogens (primary N) is 1. The van der Waals surface area contributed by atoms with Crippen molar-refractivity contribution < 1.29 is 47.5 Å². The maximum Gasteiger partial charge on any atom is 0.472 e. The van der Waals surface area contributed by atoms with Crippen LogP contribution >= 0.6 is 7.82 Å². The van der Waals surface area contributed by atoms with Crippen LogP contribution in [0.25, 0.3) is 0 Å². The molecule has 0 rings (SSSR count). The van der Waals surface area contributed by atoms with E-state index in [4.69, 9.17) is 24.8 Å². The van der Waals surface area contributed by atoms with Crippen molar-refractivity contribution in [2.24, 2.45) is 5.73 Å². The first-order chi connectivity index (χ1) is 28.1. The molecule has 0 aliphatic carbocycles. The van der Waals surface area contributed by atoms with Crippen LogP contribution < -0.4 is 5.73 Å². The number of hydrogen-bond acceptors (Lipinski definition) is 9. The van der Waals surface area contributed by atoms with E-state index in [1.807, 2.05) is 0 Å². The van der Waals surface area contributed by atoms with Gasteiger partial charge in [-0.05, 0) is 77.0 Å². The second-order valence-electron chi connectivity index (χ2n) is 14.8. The average molecular weight is 838 g/mol. The van der Waals surface area contributed by atoms with Gasteiger partial charge < -0.3 is 25.2 Å². The summed E-state index contributed by atoms with van der Waals surface area (Å²) in [6, 6.07) is -1.53. The number of ether oxygens (including phenoxy) is 2. The number of carboxylic acid groups (broad SMARTS) is 1. The number of esters is 2. The Kier molecular flexibility index (Phi) is 38.9. The molecule has 0 aliphatic heterocycles. The zero-order chi connectivity index (χ0) is 42.8. The van der Waals surface area contributed by atoms with Gasteiger partial charge in [0.1, 0.15) is 12.6 Å². The van der Waals surface area contributed by atoms with Crippen molar-refractivity contribution in [2.75, 3.05) is 19.8 Å². The zero-order valence-corrected chi connectivity index (χ0v) is 37.0. The molecule has 0 spiro atoms.